The molecule has 1 aliphatic heterocycles. The van der Waals surface area contributed by atoms with E-state index in [1.807, 2.05) is 17.8 Å². The Balaban J connectivity index is 1.61. The molecule has 3 N–H and O–H groups in total. The highest BCUT2D eigenvalue weighted by Gasteiger charge is 2.17. The average molecular weight is 280 g/mol. The summed E-state index contributed by atoms with van der Waals surface area (Å²) in [6.07, 6.45) is 2.77. The molecule has 0 radical (unpaired) electrons. The summed E-state index contributed by atoms with van der Waals surface area (Å²) in [5, 5.41) is 9.46. The summed E-state index contributed by atoms with van der Waals surface area (Å²) in [6.45, 7) is 3.09. The number of piperidine rings is 1. The molecule has 1 saturated heterocycles. The van der Waals surface area contributed by atoms with Gasteiger partial charge in [0.05, 0.1) is 6.10 Å². The minimum absolute atomic E-state index is 0.0847. The summed E-state index contributed by atoms with van der Waals surface area (Å²) in [5.41, 5.74) is 6.17. The molecule has 0 spiro atoms. The number of thioether (sulfide) groups is 1. The summed E-state index contributed by atoms with van der Waals surface area (Å²) in [7, 11) is 0. The van der Waals surface area contributed by atoms with Crippen LogP contribution < -0.4 is 5.73 Å². The maximum atomic E-state index is 9.46. The first-order valence-electron chi connectivity index (χ1n) is 7.08. The number of hydrogen-bond acceptors (Lipinski definition) is 4. The molecule has 4 heteroatoms. The van der Waals surface area contributed by atoms with Crippen molar-refractivity contribution in [1.82, 2.24) is 4.90 Å². The molecule has 0 unspecified atom stereocenters. The van der Waals surface area contributed by atoms with Crippen LogP contribution in [-0.4, -0.2) is 47.5 Å². The van der Waals surface area contributed by atoms with Gasteiger partial charge in [-0.1, -0.05) is 18.2 Å². The maximum absolute atomic E-state index is 9.46. The summed E-state index contributed by atoms with van der Waals surface area (Å²) in [5.74, 6) is 0.973. The second-order valence-corrected chi connectivity index (χ2v) is 6.34. The van der Waals surface area contributed by atoms with Crippen molar-refractivity contribution in [3.8, 4) is 0 Å². The molecular weight excluding hydrogens is 256 g/mol. The van der Waals surface area contributed by atoms with Crippen molar-refractivity contribution in [3.05, 3.63) is 30.3 Å². The van der Waals surface area contributed by atoms with Crippen molar-refractivity contribution in [2.75, 3.05) is 25.4 Å². The molecule has 0 amide bonds. The van der Waals surface area contributed by atoms with Gasteiger partial charge >= 0.3 is 0 Å². The standard InChI is InChI=1S/C15H24N2OS/c16-13(12-19-15-4-2-1-3-5-15)6-9-17-10-7-14(18)8-11-17/h1-5,13-14,18H,6-12,16H2/t13-/m0/s1. The number of aliphatic hydroxyl groups is 1. The SMILES string of the molecule is N[C@@H](CCN1CCC(O)CC1)CSc1ccccc1. The lowest BCUT2D eigenvalue weighted by molar-refractivity contribution is 0.0815. The summed E-state index contributed by atoms with van der Waals surface area (Å²) in [6, 6.07) is 10.7. The van der Waals surface area contributed by atoms with Gasteiger partial charge < -0.3 is 15.7 Å². The van der Waals surface area contributed by atoms with E-state index in [1.165, 1.54) is 4.90 Å². The smallest absolute Gasteiger partial charge is 0.0564 e. The van der Waals surface area contributed by atoms with Crippen LogP contribution in [0.5, 0.6) is 0 Å². The Bertz CT molecular complexity index is 352. The Labute approximate surface area is 120 Å². The molecule has 0 aromatic heterocycles. The first-order chi connectivity index (χ1) is 9.24. The first kappa shape index (κ1) is 14.9. The van der Waals surface area contributed by atoms with Crippen LogP contribution >= 0.6 is 11.8 Å². The molecule has 1 heterocycles. The molecule has 1 aromatic carbocycles. The number of likely N-dealkylation sites (tertiary alicyclic amines) is 1. The third kappa shape index (κ3) is 5.53. The molecule has 19 heavy (non-hydrogen) atoms. The second kappa shape index (κ2) is 7.90. The third-order valence-corrected chi connectivity index (χ3v) is 4.78. The van der Waals surface area contributed by atoms with Gasteiger partial charge in [0.15, 0.2) is 0 Å². The van der Waals surface area contributed by atoms with Crippen molar-refractivity contribution in [2.24, 2.45) is 5.73 Å². The molecule has 3 nitrogen and oxygen atoms in total. The van der Waals surface area contributed by atoms with Gasteiger partial charge in [0.2, 0.25) is 0 Å². The zero-order valence-electron chi connectivity index (χ0n) is 11.4. The predicted molar refractivity (Wildman–Crippen MR) is 81.4 cm³/mol. The average Bonchev–Trinajstić information content (AvgIpc) is 2.45. The van der Waals surface area contributed by atoms with Gasteiger partial charge in [0, 0.05) is 29.8 Å². The molecule has 1 aliphatic rings. The molecule has 1 fully saturated rings. The van der Waals surface area contributed by atoms with E-state index in [2.05, 4.69) is 29.2 Å². The molecular formula is C15H24N2OS. The summed E-state index contributed by atoms with van der Waals surface area (Å²) >= 11 is 1.83. The van der Waals surface area contributed by atoms with Gasteiger partial charge in [0.1, 0.15) is 0 Å². The van der Waals surface area contributed by atoms with Crippen LogP contribution in [0.4, 0.5) is 0 Å². The van der Waals surface area contributed by atoms with Gasteiger partial charge in [-0.2, -0.15) is 0 Å². The van der Waals surface area contributed by atoms with Crippen molar-refractivity contribution < 1.29 is 5.11 Å². The van der Waals surface area contributed by atoms with Gasteiger partial charge in [-0.05, 0) is 37.9 Å². The van der Waals surface area contributed by atoms with Gasteiger partial charge in [0.25, 0.3) is 0 Å². The van der Waals surface area contributed by atoms with Crippen LogP contribution in [-0.2, 0) is 0 Å². The fourth-order valence-corrected chi connectivity index (χ4v) is 3.22. The van der Waals surface area contributed by atoms with Crippen molar-refractivity contribution in [3.63, 3.8) is 0 Å². The quantitative estimate of drug-likeness (QED) is 0.782. The molecule has 0 bridgehead atoms. The van der Waals surface area contributed by atoms with Crippen LogP contribution in [0.1, 0.15) is 19.3 Å². The third-order valence-electron chi connectivity index (χ3n) is 3.58. The van der Waals surface area contributed by atoms with E-state index in [0.717, 1.165) is 44.6 Å². The lowest BCUT2D eigenvalue weighted by atomic mass is 10.1. The van der Waals surface area contributed by atoms with Crippen LogP contribution in [0.25, 0.3) is 0 Å². The Morgan fingerprint density at radius 3 is 2.63 bits per heavy atom. The number of rotatable bonds is 6. The highest BCUT2D eigenvalue weighted by atomic mass is 32.2. The van der Waals surface area contributed by atoms with E-state index in [4.69, 9.17) is 5.73 Å². The highest BCUT2D eigenvalue weighted by Crippen LogP contribution is 2.18. The van der Waals surface area contributed by atoms with E-state index < -0.39 is 0 Å². The Hall–Kier alpha value is -0.550. The van der Waals surface area contributed by atoms with Gasteiger partial charge in [-0.25, -0.2) is 0 Å². The van der Waals surface area contributed by atoms with Crippen LogP contribution in [0.3, 0.4) is 0 Å². The topological polar surface area (TPSA) is 49.5 Å². The van der Waals surface area contributed by atoms with E-state index >= 15 is 0 Å². The minimum Gasteiger partial charge on any atom is -0.393 e. The van der Waals surface area contributed by atoms with E-state index in [0.29, 0.717) is 0 Å². The number of benzene rings is 1. The van der Waals surface area contributed by atoms with E-state index in [9.17, 15) is 5.11 Å². The first-order valence-corrected chi connectivity index (χ1v) is 8.06. The van der Waals surface area contributed by atoms with Crippen molar-refractivity contribution in [1.29, 1.82) is 0 Å². The molecule has 0 aliphatic carbocycles. The Kier molecular flexibility index (Phi) is 6.17. The van der Waals surface area contributed by atoms with Crippen LogP contribution in [0.15, 0.2) is 35.2 Å². The van der Waals surface area contributed by atoms with E-state index in [1.54, 1.807) is 0 Å². The molecule has 106 valence electrons. The zero-order chi connectivity index (χ0) is 13.5. The van der Waals surface area contributed by atoms with Crippen LogP contribution in [0.2, 0.25) is 0 Å². The number of nitrogens with zero attached hydrogens (tertiary/aromatic N) is 1. The van der Waals surface area contributed by atoms with Gasteiger partial charge in [-0.15, -0.1) is 11.8 Å². The number of aliphatic hydroxyl groups excluding tert-OH is 1. The van der Waals surface area contributed by atoms with Gasteiger partial charge in [-0.3, -0.25) is 0 Å². The maximum Gasteiger partial charge on any atom is 0.0564 e. The predicted octanol–water partition coefficient (Wildman–Crippen LogP) is 1.95. The second-order valence-electron chi connectivity index (χ2n) is 5.25. The lowest BCUT2D eigenvalue weighted by Crippen LogP contribution is -2.38. The monoisotopic (exact) mass is 280 g/mol. The lowest BCUT2D eigenvalue weighted by Gasteiger charge is -2.30. The Morgan fingerprint density at radius 2 is 1.95 bits per heavy atom. The fourth-order valence-electron chi connectivity index (χ4n) is 2.29. The van der Waals surface area contributed by atoms with E-state index in [-0.39, 0.29) is 12.1 Å². The van der Waals surface area contributed by atoms with Crippen molar-refractivity contribution in [2.45, 2.75) is 36.3 Å². The highest BCUT2D eigenvalue weighted by molar-refractivity contribution is 7.99. The fraction of sp³-hybridized carbons (Fsp3) is 0.600. The minimum atomic E-state index is -0.0847. The molecule has 0 saturated carbocycles. The molecule has 2 rings (SSSR count). The molecule has 1 aromatic rings. The van der Waals surface area contributed by atoms with Crippen LogP contribution in [0, 0.1) is 0 Å². The normalized spacial score (nSPS) is 19.5. The number of hydrogen-bond donors (Lipinski definition) is 2. The molecule has 1 atom stereocenters. The largest absolute Gasteiger partial charge is 0.393 e. The zero-order valence-corrected chi connectivity index (χ0v) is 12.2. The summed E-state index contributed by atoms with van der Waals surface area (Å²) in [4.78, 5) is 3.71. The Morgan fingerprint density at radius 1 is 1.26 bits per heavy atom. The summed E-state index contributed by atoms with van der Waals surface area (Å²) < 4.78 is 0. The number of nitrogens with two attached hydrogens (primary N) is 1. The van der Waals surface area contributed by atoms with Crippen molar-refractivity contribution >= 4 is 11.8 Å².